The topological polar surface area (TPSA) is 130 Å². The number of unbranched alkanes of at least 4 members (excludes halogenated alkanes) is 1. The molecule has 0 aliphatic carbocycles. The number of aliphatic carboxylic acids is 1. The number of likely N-dealkylation sites (tertiary alicyclic amines) is 1. The minimum Gasteiger partial charge on any atom is -0.480 e. The number of imide groups is 1. The van der Waals surface area contributed by atoms with Gasteiger partial charge in [-0.1, -0.05) is 25.5 Å². The van der Waals surface area contributed by atoms with Crippen molar-refractivity contribution in [1.29, 1.82) is 0 Å². The summed E-state index contributed by atoms with van der Waals surface area (Å²) in [4.78, 5) is 49.6. The van der Waals surface area contributed by atoms with Crippen molar-refractivity contribution >= 4 is 23.7 Å². The van der Waals surface area contributed by atoms with Gasteiger partial charge in [-0.05, 0) is 24.1 Å². The second kappa shape index (κ2) is 6.87. The minimum atomic E-state index is -1.16. The molecule has 0 aromatic heterocycles. The van der Waals surface area contributed by atoms with E-state index in [-0.39, 0.29) is 5.91 Å². The van der Waals surface area contributed by atoms with Crippen LogP contribution in [0, 0.1) is 11.8 Å². The lowest BCUT2D eigenvalue weighted by atomic mass is 9.86. The van der Waals surface area contributed by atoms with Crippen molar-refractivity contribution in [3.63, 3.8) is 0 Å². The summed E-state index contributed by atoms with van der Waals surface area (Å²) in [6, 6.07) is 4.59. The second-order valence-electron chi connectivity index (χ2n) is 6.68. The summed E-state index contributed by atoms with van der Waals surface area (Å²) >= 11 is 0. The van der Waals surface area contributed by atoms with E-state index < -0.39 is 41.7 Å². The minimum absolute atomic E-state index is 0.306. The molecular formula is C18H21N3O5. The third kappa shape index (κ3) is 2.86. The van der Waals surface area contributed by atoms with E-state index in [2.05, 4.69) is 5.32 Å². The highest BCUT2D eigenvalue weighted by Crippen LogP contribution is 2.44. The molecule has 1 aromatic carbocycles. The van der Waals surface area contributed by atoms with Crippen molar-refractivity contribution in [2.75, 3.05) is 6.54 Å². The Balaban J connectivity index is 1.94. The highest BCUT2D eigenvalue weighted by molar-refractivity contribution is 6.08. The SMILES string of the molecule is CCCCN1C(=O)C2C(C(=O)O)NC(c3ccc(C(N)=O)cc3)C2C1=O. The molecule has 4 atom stereocenters. The van der Waals surface area contributed by atoms with E-state index in [1.165, 1.54) is 17.0 Å². The number of nitrogens with zero attached hydrogens (tertiary/aromatic N) is 1. The van der Waals surface area contributed by atoms with E-state index in [4.69, 9.17) is 5.73 Å². The smallest absolute Gasteiger partial charge is 0.321 e. The van der Waals surface area contributed by atoms with Gasteiger partial charge in [-0.2, -0.15) is 0 Å². The van der Waals surface area contributed by atoms with Gasteiger partial charge in [0.15, 0.2) is 0 Å². The fourth-order valence-corrected chi connectivity index (χ4v) is 3.80. The maximum Gasteiger partial charge on any atom is 0.321 e. The van der Waals surface area contributed by atoms with Crippen molar-refractivity contribution in [3.05, 3.63) is 35.4 Å². The summed E-state index contributed by atoms with van der Waals surface area (Å²) in [5.74, 6) is -4.18. The van der Waals surface area contributed by atoms with E-state index in [9.17, 15) is 24.3 Å². The number of hydrogen-bond acceptors (Lipinski definition) is 5. The number of carboxylic acid groups (broad SMARTS) is 1. The van der Waals surface area contributed by atoms with Crippen LogP contribution in [0.2, 0.25) is 0 Å². The van der Waals surface area contributed by atoms with Gasteiger partial charge >= 0.3 is 5.97 Å². The van der Waals surface area contributed by atoms with Crippen LogP contribution in [0.1, 0.15) is 41.7 Å². The van der Waals surface area contributed by atoms with Gasteiger partial charge in [-0.25, -0.2) is 0 Å². The predicted octanol–water partition coefficient (Wildman–Crippen LogP) is 0.284. The third-order valence-electron chi connectivity index (χ3n) is 5.12. The Bertz CT molecular complexity index is 761. The Hall–Kier alpha value is -2.74. The number of amides is 3. The number of carbonyl (C=O) groups excluding carboxylic acids is 3. The monoisotopic (exact) mass is 359 g/mol. The van der Waals surface area contributed by atoms with Crippen molar-refractivity contribution in [2.24, 2.45) is 17.6 Å². The van der Waals surface area contributed by atoms with Gasteiger partial charge in [0.1, 0.15) is 6.04 Å². The molecule has 1 aromatic rings. The average Bonchev–Trinajstić information content (AvgIpc) is 3.12. The number of benzene rings is 1. The standard InChI is InChI=1S/C18H21N3O5/c1-2-3-8-21-16(23)11-12(17(21)24)14(18(25)26)20-13(11)9-4-6-10(7-5-9)15(19)22/h4-7,11-14,20H,2-3,8H2,1H3,(H2,19,22)(H,25,26). The summed E-state index contributed by atoms with van der Waals surface area (Å²) in [6.07, 6.45) is 1.51. The van der Waals surface area contributed by atoms with Gasteiger partial charge in [0.25, 0.3) is 0 Å². The van der Waals surface area contributed by atoms with Gasteiger partial charge in [0, 0.05) is 18.2 Å². The lowest BCUT2D eigenvalue weighted by Crippen LogP contribution is -2.43. The molecule has 2 saturated heterocycles. The van der Waals surface area contributed by atoms with Crippen LogP contribution in [-0.2, 0) is 14.4 Å². The Kier molecular flexibility index (Phi) is 4.78. The number of nitrogens with one attached hydrogen (secondary N) is 1. The van der Waals surface area contributed by atoms with Gasteiger partial charge in [0.05, 0.1) is 11.8 Å². The van der Waals surface area contributed by atoms with Gasteiger partial charge < -0.3 is 10.8 Å². The number of rotatable bonds is 6. The largest absolute Gasteiger partial charge is 0.480 e. The zero-order valence-electron chi connectivity index (χ0n) is 14.3. The van der Waals surface area contributed by atoms with Crippen molar-refractivity contribution < 1.29 is 24.3 Å². The number of carbonyl (C=O) groups is 4. The van der Waals surface area contributed by atoms with Crippen LogP contribution in [0.15, 0.2) is 24.3 Å². The van der Waals surface area contributed by atoms with E-state index in [1.54, 1.807) is 12.1 Å². The van der Waals surface area contributed by atoms with E-state index in [1.807, 2.05) is 6.92 Å². The molecule has 4 unspecified atom stereocenters. The van der Waals surface area contributed by atoms with E-state index in [0.717, 1.165) is 6.42 Å². The van der Waals surface area contributed by atoms with Crippen LogP contribution < -0.4 is 11.1 Å². The van der Waals surface area contributed by atoms with Gasteiger partial charge in [-0.15, -0.1) is 0 Å². The number of fused-ring (bicyclic) bond motifs is 1. The van der Waals surface area contributed by atoms with Crippen LogP contribution in [-0.4, -0.2) is 46.3 Å². The highest BCUT2D eigenvalue weighted by atomic mass is 16.4. The Morgan fingerprint density at radius 3 is 2.31 bits per heavy atom. The Morgan fingerprint density at radius 2 is 1.77 bits per heavy atom. The van der Waals surface area contributed by atoms with Crippen molar-refractivity contribution in [2.45, 2.75) is 31.8 Å². The molecular weight excluding hydrogens is 338 g/mol. The molecule has 0 radical (unpaired) electrons. The number of hydrogen-bond donors (Lipinski definition) is 3. The first-order valence-electron chi connectivity index (χ1n) is 8.60. The first-order chi connectivity index (χ1) is 12.4. The first kappa shape index (κ1) is 18.1. The van der Waals surface area contributed by atoms with Gasteiger partial charge in [0.2, 0.25) is 17.7 Å². The van der Waals surface area contributed by atoms with Crippen LogP contribution in [0.25, 0.3) is 0 Å². The second-order valence-corrected chi connectivity index (χ2v) is 6.68. The molecule has 4 N–H and O–H groups in total. The molecule has 0 bridgehead atoms. The predicted molar refractivity (Wildman–Crippen MR) is 90.9 cm³/mol. The van der Waals surface area contributed by atoms with Crippen molar-refractivity contribution in [1.82, 2.24) is 10.2 Å². The Labute approximate surface area is 150 Å². The number of carboxylic acids is 1. The van der Waals surface area contributed by atoms with Crippen LogP contribution >= 0.6 is 0 Å². The molecule has 26 heavy (non-hydrogen) atoms. The van der Waals surface area contributed by atoms with Crippen LogP contribution in [0.5, 0.6) is 0 Å². The molecule has 8 heteroatoms. The number of primary amides is 1. The lowest BCUT2D eigenvalue weighted by Gasteiger charge is -2.21. The molecule has 2 aliphatic rings. The fraction of sp³-hybridized carbons (Fsp3) is 0.444. The number of nitrogens with two attached hydrogens (primary N) is 1. The summed E-state index contributed by atoms with van der Waals surface area (Å²) in [5.41, 5.74) is 6.19. The maximum absolute atomic E-state index is 12.8. The maximum atomic E-state index is 12.8. The molecule has 0 saturated carbocycles. The molecule has 0 spiro atoms. The van der Waals surface area contributed by atoms with Crippen molar-refractivity contribution in [3.8, 4) is 0 Å². The highest BCUT2D eigenvalue weighted by Gasteiger charge is 2.60. The zero-order valence-corrected chi connectivity index (χ0v) is 14.3. The normalized spacial score (nSPS) is 27.7. The van der Waals surface area contributed by atoms with Gasteiger partial charge in [-0.3, -0.25) is 29.4 Å². The summed E-state index contributed by atoms with van der Waals surface area (Å²) in [7, 11) is 0. The molecule has 138 valence electrons. The third-order valence-corrected chi connectivity index (χ3v) is 5.12. The molecule has 3 amide bonds. The molecule has 3 rings (SSSR count). The quantitative estimate of drug-likeness (QED) is 0.626. The summed E-state index contributed by atoms with van der Waals surface area (Å²) in [6.45, 7) is 2.26. The zero-order chi connectivity index (χ0) is 19.0. The van der Waals surface area contributed by atoms with Crippen LogP contribution in [0.4, 0.5) is 0 Å². The summed E-state index contributed by atoms with van der Waals surface area (Å²) < 4.78 is 0. The van der Waals surface area contributed by atoms with E-state index >= 15 is 0 Å². The fourth-order valence-electron chi connectivity index (χ4n) is 3.80. The summed E-state index contributed by atoms with van der Waals surface area (Å²) in [5, 5.41) is 12.4. The first-order valence-corrected chi connectivity index (χ1v) is 8.60. The Morgan fingerprint density at radius 1 is 1.15 bits per heavy atom. The molecule has 2 fully saturated rings. The average molecular weight is 359 g/mol. The molecule has 2 aliphatic heterocycles. The lowest BCUT2D eigenvalue weighted by molar-refractivity contribution is -0.146. The molecule has 8 nitrogen and oxygen atoms in total. The molecule has 2 heterocycles. The van der Waals surface area contributed by atoms with E-state index in [0.29, 0.717) is 24.1 Å². The van der Waals surface area contributed by atoms with Crippen LogP contribution in [0.3, 0.4) is 0 Å².